The Balaban J connectivity index is 1.21. The second-order valence-corrected chi connectivity index (χ2v) is 17.1. The van der Waals surface area contributed by atoms with Crippen molar-refractivity contribution in [1.82, 2.24) is 26.3 Å². The molecule has 0 amide bonds. The van der Waals surface area contributed by atoms with Gasteiger partial charge >= 0.3 is 5.97 Å². The molecule has 3 aliphatic carbocycles. The largest absolute Gasteiger partial charge is 0.463 e. The topological polar surface area (TPSA) is 158 Å². The highest BCUT2D eigenvalue weighted by atomic mass is 16.7. The molecule has 2 fully saturated rings. The summed E-state index contributed by atoms with van der Waals surface area (Å²) in [5, 5.41) is 17.1. The summed E-state index contributed by atoms with van der Waals surface area (Å²) in [5.74, 6) is 0.492. The third kappa shape index (κ3) is 7.78. The summed E-state index contributed by atoms with van der Waals surface area (Å²) in [4.78, 5) is 53.4. The number of esters is 1. The Hall–Kier alpha value is -4.65. The van der Waals surface area contributed by atoms with E-state index in [1.807, 2.05) is 38.2 Å². The first-order valence-corrected chi connectivity index (χ1v) is 21.2. The number of guanidine groups is 1. The number of ether oxygens (including phenoxy) is 2. The number of carbonyl (C=O) groups is 3. The van der Waals surface area contributed by atoms with Crippen LogP contribution in [0.5, 0.6) is 0 Å². The summed E-state index contributed by atoms with van der Waals surface area (Å²) in [6.07, 6.45) is 16.3. The molecular weight excluding hydrogens is 731 g/mol. The van der Waals surface area contributed by atoms with Gasteiger partial charge in [-0.25, -0.2) is 9.78 Å². The second-order valence-electron chi connectivity index (χ2n) is 17.1. The van der Waals surface area contributed by atoms with Gasteiger partial charge in [0.25, 0.3) is 5.60 Å². The molecule has 310 valence electrons. The third-order valence-corrected chi connectivity index (χ3v) is 12.6. The standard InChI is InChI=1S/C46H61N7O5/c1-7-49-37-24-32-13-9-8-12-31(32)23-34(37)27-57-42(56)46-41(55)39-33(22-29(2)3)14-10-15-36(39)40(54)45(46,58-46)19-16-30(4)26-44(18-11-20-51-43(48-6)53-44)35-17-21-50-38(25-35)52-28-47-5/h9-10,13-17,21,24-25,29,31,34,37,47,49H,7-8,11-12,18-20,22-23,26-28H2,1-6H3,(H,50,52)(H2,48,51,53)/b30-16+/t31-,34-,37+,44-,45-,46-/m0/s1. The number of epoxide rings is 1. The molecule has 1 aromatic carbocycles. The molecule has 1 aromatic heterocycles. The van der Waals surface area contributed by atoms with Gasteiger partial charge < -0.3 is 36.1 Å². The van der Waals surface area contributed by atoms with Gasteiger partial charge in [0, 0.05) is 49.3 Å². The SMILES string of the molecule is CCN[C@@H]1C=C2C=CCC[C@H]2C[C@H]1COC(=O)[C@]12O[C@@]1(C/C=C(\C)C[C@]1(c3ccnc(NCNC)c3)CCCNC(=NC)N1)C(=O)c1cccc(CC(C)C)c1C2=O. The van der Waals surface area contributed by atoms with Crippen molar-refractivity contribution in [3.63, 3.8) is 0 Å². The number of aliphatic imine (C=N–C) groups is 1. The number of benzene rings is 1. The number of fused-ring (bicyclic) bond motifs is 3. The smallest absolute Gasteiger partial charge is 0.350 e. The molecular formula is C46H61N7O5. The zero-order chi connectivity index (χ0) is 41.1. The van der Waals surface area contributed by atoms with Crippen LogP contribution in [0.15, 0.2) is 77.0 Å². The van der Waals surface area contributed by atoms with E-state index in [-0.39, 0.29) is 42.3 Å². The molecule has 0 spiro atoms. The number of ketones is 2. The quantitative estimate of drug-likeness (QED) is 0.0491. The van der Waals surface area contributed by atoms with Crippen molar-refractivity contribution in [2.75, 3.05) is 45.8 Å². The minimum absolute atomic E-state index is 0.0190. The second kappa shape index (κ2) is 17.3. The minimum atomic E-state index is -2.05. The van der Waals surface area contributed by atoms with Gasteiger partial charge in [0.15, 0.2) is 17.3 Å². The number of nitrogens with one attached hydrogen (secondary N) is 5. The number of nitrogens with zero attached hydrogens (tertiary/aromatic N) is 2. The summed E-state index contributed by atoms with van der Waals surface area (Å²) in [6, 6.07) is 9.52. The highest BCUT2D eigenvalue weighted by molar-refractivity contribution is 6.33. The molecule has 6 atom stereocenters. The van der Waals surface area contributed by atoms with Crippen LogP contribution in [-0.2, 0) is 26.2 Å². The summed E-state index contributed by atoms with van der Waals surface area (Å²) in [7, 11) is 3.63. The van der Waals surface area contributed by atoms with Gasteiger partial charge in [-0.05, 0) is 106 Å². The van der Waals surface area contributed by atoms with Crippen LogP contribution in [0.25, 0.3) is 0 Å². The zero-order valence-electron chi connectivity index (χ0n) is 35.0. The maximum Gasteiger partial charge on any atom is 0.350 e. The normalized spacial score (nSPS) is 29.7. The number of anilines is 1. The van der Waals surface area contributed by atoms with E-state index in [9.17, 15) is 14.4 Å². The van der Waals surface area contributed by atoms with Gasteiger partial charge in [-0.1, -0.05) is 68.8 Å². The fourth-order valence-electron chi connectivity index (χ4n) is 9.73. The number of hydrogen-bond acceptors (Lipinski definition) is 10. The third-order valence-electron chi connectivity index (χ3n) is 12.6. The predicted molar refractivity (Wildman–Crippen MR) is 227 cm³/mol. The van der Waals surface area contributed by atoms with Crippen molar-refractivity contribution in [3.05, 3.63) is 94.2 Å². The van der Waals surface area contributed by atoms with E-state index in [0.717, 1.165) is 67.7 Å². The fraction of sp³-hybridized carbons (Fsp3) is 0.543. The van der Waals surface area contributed by atoms with Crippen LogP contribution in [0.3, 0.4) is 0 Å². The highest BCUT2D eigenvalue weighted by Crippen LogP contribution is 2.59. The van der Waals surface area contributed by atoms with Crippen LogP contribution < -0.4 is 26.6 Å². The number of pyridine rings is 1. The number of carbonyl (C=O) groups excluding carboxylic acids is 3. The number of hydrogen-bond donors (Lipinski definition) is 5. The van der Waals surface area contributed by atoms with Crippen molar-refractivity contribution in [3.8, 4) is 0 Å². The molecule has 2 saturated heterocycles. The average Bonchev–Trinajstić information content (AvgIpc) is 3.97. The molecule has 5 aliphatic rings. The van der Waals surface area contributed by atoms with Gasteiger partial charge in [0.2, 0.25) is 5.78 Å². The predicted octanol–water partition coefficient (Wildman–Crippen LogP) is 5.77. The lowest BCUT2D eigenvalue weighted by Crippen LogP contribution is -2.51. The van der Waals surface area contributed by atoms with Crippen LogP contribution in [-0.4, -0.2) is 86.2 Å². The Morgan fingerprint density at radius 1 is 1.21 bits per heavy atom. The Labute approximate surface area is 343 Å². The molecule has 0 saturated carbocycles. The first kappa shape index (κ1) is 41.5. The highest BCUT2D eigenvalue weighted by Gasteiger charge is 2.85. The molecule has 2 aromatic rings. The van der Waals surface area contributed by atoms with Crippen LogP contribution in [0.2, 0.25) is 0 Å². The number of rotatable bonds is 15. The molecule has 12 heteroatoms. The lowest BCUT2D eigenvalue weighted by Gasteiger charge is -2.36. The van der Waals surface area contributed by atoms with Crippen molar-refractivity contribution < 1.29 is 23.9 Å². The first-order valence-electron chi connectivity index (χ1n) is 21.2. The summed E-state index contributed by atoms with van der Waals surface area (Å²) < 4.78 is 12.6. The zero-order valence-corrected chi connectivity index (χ0v) is 35.0. The van der Waals surface area contributed by atoms with Gasteiger partial charge in [-0.2, -0.15) is 0 Å². The lowest BCUT2D eigenvalue weighted by molar-refractivity contribution is -0.150. The van der Waals surface area contributed by atoms with E-state index in [0.29, 0.717) is 37.0 Å². The number of Topliss-reactive ketones (excluding diaryl/α,β-unsaturated/α-hetero) is 2. The summed E-state index contributed by atoms with van der Waals surface area (Å²) in [5.41, 5.74) is 0.371. The van der Waals surface area contributed by atoms with Gasteiger partial charge in [-0.15, -0.1) is 0 Å². The van der Waals surface area contributed by atoms with E-state index in [2.05, 4.69) is 81.6 Å². The molecule has 0 radical (unpaired) electrons. The molecule has 58 heavy (non-hydrogen) atoms. The number of allylic oxidation sites excluding steroid dienone is 3. The molecule has 0 unspecified atom stereocenters. The summed E-state index contributed by atoms with van der Waals surface area (Å²) >= 11 is 0. The molecule has 7 rings (SSSR count). The average molecular weight is 792 g/mol. The van der Waals surface area contributed by atoms with Crippen LogP contribution in [0.1, 0.15) is 104 Å². The van der Waals surface area contributed by atoms with Crippen molar-refractivity contribution >= 4 is 29.3 Å². The van der Waals surface area contributed by atoms with Gasteiger partial charge in [-0.3, -0.25) is 14.6 Å². The Morgan fingerprint density at radius 2 is 2.05 bits per heavy atom. The van der Waals surface area contributed by atoms with E-state index < -0.39 is 28.5 Å². The number of aromatic nitrogens is 1. The lowest BCUT2D eigenvalue weighted by atomic mass is 9.70. The molecule has 3 heterocycles. The van der Waals surface area contributed by atoms with E-state index in [4.69, 9.17) is 9.47 Å². The van der Waals surface area contributed by atoms with Crippen molar-refractivity contribution in [1.29, 1.82) is 0 Å². The van der Waals surface area contributed by atoms with Crippen LogP contribution in [0, 0.1) is 17.8 Å². The number of likely N-dealkylation sites (N-methyl/N-ethyl adjacent to an activating group) is 1. The molecule has 12 nitrogen and oxygen atoms in total. The monoisotopic (exact) mass is 791 g/mol. The first-order chi connectivity index (χ1) is 28.0. The van der Waals surface area contributed by atoms with E-state index in [1.165, 1.54) is 5.57 Å². The molecule has 2 aliphatic heterocycles. The van der Waals surface area contributed by atoms with Gasteiger partial charge in [0.1, 0.15) is 5.82 Å². The van der Waals surface area contributed by atoms with Crippen LogP contribution in [0.4, 0.5) is 5.82 Å². The fourth-order valence-corrected chi connectivity index (χ4v) is 9.73. The van der Waals surface area contributed by atoms with Crippen LogP contribution >= 0.6 is 0 Å². The maximum absolute atomic E-state index is 14.9. The van der Waals surface area contributed by atoms with Crippen molar-refractivity contribution in [2.45, 2.75) is 102 Å². The van der Waals surface area contributed by atoms with Gasteiger partial charge in [0.05, 0.1) is 18.8 Å². The Bertz CT molecular complexity index is 2020. The maximum atomic E-state index is 14.9. The van der Waals surface area contributed by atoms with Crippen molar-refractivity contribution in [2.24, 2.45) is 22.7 Å². The molecule has 5 N–H and O–H groups in total. The Kier molecular flexibility index (Phi) is 12.4. The summed E-state index contributed by atoms with van der Waals surface area (Å²) in [6.45, 7) is 10.5. The minimum Gasteiger partial charge on any atom is -0.463 e. The van der Waals surface area contributed by atoms with E-state index in [1.54, 1.807) is 19.3 Å². The van der Waals surface area contributed by atoms with E-state index >= 15 is 0 Å². The molecule has 0 bridgehead atoms. The Morgan fingerprint density at radius 3 is 2.83 bits per heavy atom.